The Balaban J connectivity index is 3.03. The van der Waals surface area contributed by atoms with Gasteiger partial charge in [0.25, 0.3) is 0 Å². The van der Waals surface area contributed by atoms with Crippen molar-refractivity contribution in [3.05, 3.63) is 22.7 Å². The summed E-state index contributed by atoms with van der Waals surface area (Å²) in [7, 11) is 0. The second-order valence-corrected chi connectivity index (χ2v) is 3.87. The molecule has 5 nitrogen and oxygen atoms in total. The van der Waals surface area contributed by atoms with Crippen molar-refractivity contribution in [2.45, 2.75) is 32.8 Å². The molecule has 6 heteroatoms. The molecule has 0 aliphatic carbocycles. The Labute approximate surface area is 105 Å². The minimum absolute atomic E-state index is 0.0352. The lowest BCUT2D eigenvalue weighted by Crippen LogP contribution is -2.12. The molecule has 94 valence electrons. The van der Waals surface area contributed by atoms with Crippen molar-refractivity contribution in [3.8, 4) is 0 Å². The summed E-state index contributed by atoms with van der Waals surface area (Å²) in [4.78, 5) is 18.9. The van der Waals surface area contributed by atoms with Crippen LogP contribution in [-0.4, -0.2) is 27.7 Å². The van der Waals surface area contributed by atoms with E-state index in [1.54, 1.807) is 0 Å². The van der Waals surface area contributed by atoms with Crippen LogP contribution in [0.15, 0.2) is 6.20 Å². The molecule has 0 aliphatic rings. The van der Waals surface area contributed by atoms with Crippen molar-refractivity contribution < 1.29 is 14.6 Å². The SMILES string of the molecule is CCCC(OCC)c1ncc(Cl)c(C(=O)O)n1. The number of aromatic nitrogens is 2. The van der Waals surface area contributed by atoms with Gasteiger partial charge in [0, 0.05) is 6.61 Å². The van der Waals surface area contributed by atoms with E-state index < -0.39 is 5.97 Å². The Morgan fingerprint density at radius 2 is 2.29 bits per heavy atom. The zero-order valence-electron chi connectivity index (χ0n) is 9.81. The van der Waals surface area contributed by atoms with Gasteiger partial charge in [0.1, 0.15) is 6.10 Å². The van der Waals surface area contributed by atoms with Crippen LogP contribution in [0.25, 0.3) is 0 Å². The van der Waals surface area contributed by atoms with Gasteiger partial charge >= 0.3 is 5.97 Å². The standard InChI is InChI=1S/C11H15ClN2O3/c1-3-5-8(17-4-2)10-13-6-7(12)9(14-10)11(15)16/h6,8H,3-5H2,1-2H3,(H,15,16). The maximum Gasteiger partial charge on any atom is 0.356 e. The normalized spacial score (nSPS) is 12.4. The zero-order chi connectivity index (χ0) is 12.8. The first kappa shape index (κ1) is 13.9. The quantitative estimate of drug-likeness (QED) is 0.849. The number of hydrogen-bond acceptors (Lipinski definition) is 4. The van der Waals surface area contributed by atoms with Gasteiger partial charge in [-0.05, 0) is 13.3 Å². The third kappa shape index (κ3) is 3.64. The predicted molar refractivity (Wildman–Crippen MR) is 63.3 cm³/mol. The van der Waals surface area contributed by atoms with Gasteiger partial charge in [-0.25, -0.2) is 14.8 Å². The lowest BCUT2D eigenvalue weighted by Gasteiger charge is -2.15. The van der Waals surface area contributed by atoms with Gasteiger partial charge in [-0.2, -0.15) is 0 Å². The van der Waals surface area contributed by atoms with Crippen LogP contribution in [0.5, 0.6) is 0 Å². The minimum atomic E-state index is -1.16. The van der Waals surface area contributed by atoms with E-state index in [-0.39, 0.29) is 16.8 Å². The second-order valence-electron chi connectivity index (χ2n) is 3.46. The largest absolute Gasteiger partial charge is 0.476 e. The third-order valence-corrected chi connectivity index (χ3v) is 2.45. The fraction of sp³-hybridized carbons (Fsp3) is 0.545. The summed E-state index contributed by atoms with van der Waals surface area (Å²) in [5, 5.41) is 8.95. The summed E-state index contributed by atoms with van der Waals surface area (Å²) in [5.74, 6) is -0.791. The molecule has 0 saturated heterocycles. The molecule has 0 radical (unpaired) electrons. The van der Waals surface area contributed by atoms with E-state index >= 15 is 0 Å². The molecule has 1 aromatic heterocycles. The Morgan fingerprint density at radius 1 is 1.59 bits per heavy atom. The Hall–Kier alpha value is -1.20. The van der Waals surface area contributed by atoms with Crippen molar-refractivity contribution in [2.75, 3.05) is 6.61 Å². The van der Waals surface area contributed by atoms with Crippen LogP contribution in [0, 0.1) is 0 Å². The summed E-state index contributed by atoms with van der Waals surface area (Å²) in [6, 6.07) is 0. The summed E-state index contributed by atoms with van der Waals surface area (Å²) in [6.45, 7) is 4.41. The van der Waals surface area contributed by atoms with Gasteiger partial charge in [0.05, 0.1) is 11.2 Å². The molecule has 1 atom stereocenters. The summed E-state index contributed by atoms with van der Waals surface area (Å²) in [6.07, 6.45) is 2.67. The van der Waals surface area contributed by atoms with Gasteiger partial charge < -0.3 is 9.84 Å². The molecule has 0 aliphatic heterocycles. The van der Waals surface area contributed by atoms with Gasteiger partial charge in [-0.15, -0.1) is 0 Å². The lowest BCUT2D eigenvalue weighted by molar-refractivity contribution is 0.0488. The van der Waals surface area contributed by atoms with Gasteiger partial charge in [0.2, 0.25) is 0 Å². The third-order valence-electron chi connectivity index (χ3n) is 2.17. The van der Waals surface area contributed by atoms with E-state index in [1.165, 1.54) is 6.20 Å². The predicted octanol–water partition coefficient (Wildman–Crippen LogP) is 2.71. The van der Waals surface area contributed by atoms with Crippen molar-refractivity contribution in [1.82, 2.24) is 9.97 Å². The molecule has 0 saturated carbocycles. The first-order valence-corrected chi connectivity index (χ1v) is 5.85. The Kier molecular flexibility index (Phi) is 5.31. The molecule has 1 unspecified atom stereocenters. The van der Waals surface area contributed by atoms with Crippen LogP contribution in [-0.2, 0) is 4.74 Å². The number of rotatable bonds is 6. The van der Waals surface area contributed by atoms with E-state index in [0.29, 0.717) is 12.4 Å². The number of nitrogens with zero attached hydrogens (tertiary/aromatic N) is 2. The highest BCUT2D eigenvalue weighted by Crippen LogP contribution is 2.21. The van der Waals surface area contributed by atoms with Crippen molar-refractivity contribution in [2.24, 2.45) is 0 Å². The number of carbonyl (C=O) groups is 1. The van der Waals surface area contributed by atoms with E-state index in [9.17, 15) is 4.79 Å². The maximum atomic E-state index is 10.9. The first-order valence-electron chi connectivity index (χ1n) is 5.47. The monoisotopic (exact) mass is 258 g/mol. The number of carboxylic acids is 1. The summed E-state index contributed by atoms with van der Waals surface area (Å²) in [5.41, 5.74) is -0.183. The fourth-order valence-electron chi connectivity index (χ4n) is 1.44. The highest BCUT2D eigenvalue weighted by atomic mass is 35.5. The number of aromatic carboxylic acids is 1. The molecule has 0 amide bonds. The van der Waals surface area contributed by atoms with Crippen LogP contribution >= 0.6 is 11.6 Å². The van der Waals surface area contributed by atoms with Gasteiger partial charge in [-0.1, -0.05) is 24.9 Å². The van der Waals surface area contributed by atoms with E-state index in [2.05, 4.69) is 9.97 Å². The molecule has 0 spiro atoms. The number of ether oxygens (including phenoxy) is 1. The molecule has 1 heterocycles. The lowest BCUT2D eigenvalue weighted by atomic mass is 10.2. The van der Waals surface area contributed by atoms with Gasteiger partial charge in [-0.3, -0.25) is 0 Å². The maximum absolute atomic E-state index is 10.9. The summed E-state index contributed by atoms with van der Waals surface area (Å²) >= 11 is 5.70. The first-order chi connectivity index (χ1) is 8.10. The minimum Gasteiger partial charge on any atom is -0.476 e. The average Bonchev–Trinajstić information content (AvgIpc) is 2.29. The molecule has 1 rings (SSSR count). The van der Waals surface area contributed by atoms with Crippen LogP contribution in [0.1, 0.15) is 49.1 Å². The van der Waals surface area contributed by atoms with E-state index in [4.69, 9.17) is 21.4 Å². The van der Waals surface area contributed by atoms with Crippen molar-refractivity contribution >= 4 is 17.6 Å². The molecule has 0 bridgehead atoms. The van der Waals surface area contributed by atoms with Crippen LogP contribution in [0.3, 0.4) is 0 Å². The highest BCUT2D eigenvalue weighted by molar-refractivity contribution is 6.33. The zero-order valence-corrected chi connectivity index (χ0v) is 10.6. The van der Waals surface area contributed by atoms with Gasteiger partial charge in [0.15, 0.2) is 11.5 Å². The van der Waals surface area contributed by atoms with E-state index in [0.717, 1.165) is 12.8 Å². The summed E-state index contributed by atoms with van der Waals surface area (Å²) < 4.78 is 5.48. The molecule has 1 N–H and O–H groups in total. The molecule has 1 aromatic rings. The topological polar surface area (TPSA) is 72.3 Å². The smallest absolute Gasteiger partial charge is 0.356 e. The molecular weight excluding hydrogens is 244 g/mol. The number of hydrogen-bond donors (Lipinski definition) is 1. The number of carboxylic acid groups (broad SMARTS) is 1. The highest BCUT2D eigenvalue weighted by Gasteiger charge is 2.18. The van der Waals surface area contributed by atoms with Crippen LogP contribution < -0.4 is 0 Å². The Bertz CT molecular complexity index is 392. The van der Waals surface area contributed by atoms with Crippen molar-refractivity contribution in [1.29, 1.82) is 0 Å². The molecular formula is C11H15ClN2O3. The van der Waals surface area contributed by atoms with Crippen molar-refractivity contribution in [3.63, 3.8) is 0 Å². The number of halogens is 1. The van der Waals surface area contributed by atoms with E-state index in [1.807, 2.05) is 13.8 Å². The Morgan fingerprint density at radius 3 is 2.82 bits per heavy atom. The van der Waals surface area contributed by atoms with Crippen LogP contribution in [0.2, 0.25) is 5.02 Å². The molecule has 17 heavy (non-hydrogen) atoms. The molecule has 0 fully saturated rings. The molecule has 0 aromatic carbocycles. The van der Waals surface area contributed by atoms with Crippen LogP contribution in [0.4, 0.5) is 0 Å². The second kappa shape index (κ2) is 6.51. The fourth-order valence-corrected chi connectivity index (χ4v) is 1.61. The average molecular weight is 259 g/mol.